The maximum absolute atomic E-state index is 6.50. The third-order valence-electron chi connectivity index (χ3n) is 10.6. The van der Waals surface area contributed by atoms with Crippen molar-refractivity contribution in [3.8, 4) is 22.3 Å². The van der Waals surface area contributed by atoms with E-state index in [1.807, 2.05) is 48.5 Å². The summed E-state index contributed by atoms with van der Waals surface area (Å²) in [6, 6.07) is 61.0. The number of fused-ring (bicyclic) bond motifs is 7. The molecule has 0 bridgehead atoms. The van der Waals surface area contributed by atoms with Gasteiger partial charge < -0.3 is 14.2 Å². The standard InChI is InChI=1S/C49H31N3O2/c1-2-13-31(14-3-1)47-50-48(52-49(51-47)39-20-11-23-44-46(39)38-18-8-9-21-41(38)53-44)37-17-7-6-16-35(37)36-19-10-22-43-45(36)40-29-34(26-27-42(40)54-43)33-25-24-30-12-4-5-15-32(30)28-33/h1-29,47H,(H,50,51,52). The number of para-hydroxylation sites is 1. The van der Waals surface area contributed by atoms with Gasteiger partial charge in [-0.15, -0.1) is 0 Å². The number of benzene rings is 8. The number of amidine groups is 2. The van der Waals surface area contributed by atoms with Crippen molar-refractivity contribution >= 4 is 66.3 Å². The van der Waals surface area contributed by atoms with E-state index in [1.165, 1.54) is 16.3 Å². The summed E-state index contributed by atoms with van der Waals surface area (Å²) in [6.45, 7) is 0. The molecule has 0 spiro atoms. The van der Waals surface area contributed by atoms with Gasteiger partial charge in [-0.1, -0.05) is 140 Å². The normalized spacial score (nSPS) is 14.5. The lowest BCUT2D eigenvalue weighted by molar-refractivity contribution is 0.667. The summed E-state index contributed by atoms with van der Waals surface area (Å²) in [6.07, 6.45) is -0.356. The van der Waals surface area contributed by atoms with E-state index >= 15 is 0 Å². The highest BCUT2D eigenvalue weighted by Crippen LogP contribution is 2.41. The summed E-state index contributed by atoms with van der Waals surface area (Å²) >= 11 is 0. The van der Waals surface area contributed by atoms with Crippen molar-refractivity contribution in [3.63, 3.8) is 0 Å². The molecule has 2 aromatic heterocycles. The first kappa shape index (κ1) is 30.4. The van der Waals surface area contributed by atoms with Crippen molar-refractivity contribution in [2.75, 3.05) is 0 Å². The highest BCUT2D eigenvalue weighted by atomic mass is 16.3. The van der Waals surface area contributed by atoms with Gasteiger partial charge in [-0.25, -0.2) is 9.98 Å². The largest absolute Gasteiger partial charge is 0.456 e. The number of rotatable bonds is 5. The summed E-state index contributed by atoms with van der Waals surface area (Å²) in [7, 11) is 0. The van der Waals surface area contributed by atoms with Gasteiger partial charge in [-0.3, -0.25) is 0 Å². The van der Waals surface area contributed by atoms with Crippen LogP contribution >= 0.6 is 0 Å². The van der Waals surface area contributed by atoms with Gasteiger partial charge in [0.15, 0.2) is 5.84 Å². The monoisotopic (exact) mass is 693 g/mol. The Morgan fingerprint density at radius 3 is 1.89 bits per heavy atom. The second kappa shape index (κ2) is 12.2. The second-order valence-electron chi connectivity index (χ2n) is 13.7. The molecule has 1 aliphatic rings. The number of furan rings is 2. The van der Waals surface area contributed by atoms with Gasteiger partial charge in [0, 0.05) is 32.7 Å². The van der Waals surface area contributed by atoms with Gasteiger partial charge in [0.2, 0.25) is 0 Å². The fourth-order valence-corrected chi connectivity index (χ4v) is 8.00. The van der Waals surface area contributed by atoms with Crippen LogP contribution in [0.15, 0.2) is 195 Å². The molecule has 11 rings (SSSR count). The van der Waals surface area contributed by atoms with E-state index in [4.69, 9.17) is 18.8 Å². The van der Waals surface area contributed by atoms with Crippen LogP contribution in [0.5, 0.6) is 0 Å². The van der Waals surface area contributed by atoms with Crippen LogP contribution in [0.1, 0.15) is 22.9 Å². The van der Waals surface area contributed by atoms with E-state index in [2.05, 4.69) is 133 Å². The van der Waals surface area contributed by atoms with Crippen LogP contribution in [0.25, 0.3) is 76.9 Å². The molecule has 0 amide bonds. The van der Waals surface area contributed by atoms with Crippen LogP contribution in [0.3, 0.4) is 0 Å². The predicted octanol–water partition coefficient (Wildman–Crippen LogP) is 12.5. The van der Waals surface area contributed by atoms with Gasteiger partial charge in [0.25, 0.3) is 0 Å². The molecule has 5 heteroatoms. The molecule has 5 nitrogen and oxygen atoms in total. The van der Waals surface area contributed by atoms with Gasteiger partial charge in [-0.05, 0) is 75.0 Å². The van der Waals surface area contributed by atoms with Gasteiger partial charge >= 0.3 is 0 Å². The quantitative estimate of drug-likeness (QED) is 0.195. The summed E-state index contributed by atoms with van der Waals surface area (Å²) in [5, 5.41) is 10.3. The summed E-state index contributed by atoms with van der Waals surface area (Å²) < 4.78 is 12.8. The minimum Gasteiger partial charge on any atom is -0.456 e. The average Bonchev–Trinajstić information content (AvgIpc) is 3.82. The molecule has 10 aromatic rings. The van der Waals surface area contributed by atoms with Crippen molar-refractivity contribution in [1.82, 2.24) is 5.32 Å². The van der Waals surface area contributed by atoms with Crippen LogP contribution in [0, 0.1) is 0 Å². The van der Waals surface area contributed by atoms with E-state index in [0.29, 0.717) is 5.84 Å². The van der Waals surface area contributed by atoms with E-state index in [-0.39, 0.29) is 6.17 Å². The molecule has 54 heavy (non-hydrogen) atoms. The summed E-state index contributed by atoms with van der Waals surface area (Å²) in [5.74, 6) is 1.40. The number of aliphatic imine (C=N–C) groups is 2. The van der Waals surface area contributed by atoms with E-state index in [9.17, 15) is 0 Å². The molecule has 1 aliphatic heterocycles. The molecule has 0 saturated heterocycles. The van der Waals surface area contributed by atoms with Crippen molar-refractivity contribution < 1.29 is 8.83 Å². The Morgan fingerprint density at radius 1 is 0.426 bits per heavy atom. The molecule has 1 atom stereocenters. The van der Waals surface area contributed by atoms with Gasteiger partial charge in [0.1, 0.15) is 34.3 Å². The first-order valence-electron chi connectivity index (χ1n) is 18.2. The molecule has 3 heterocycles. The van der Waals surface area contributed by atoms with Crippen LogP contribution in [0.2, 0.25) is 0 Å². The molecular formula is C49H31N3O2. The second-order valence-corrected chi connectivity index (χ2v) is 13.7. The molecule has 254 valence electrons. The molecule has 0 saturated carbocycles. The van der Waals surface area contributed by atoms with E-state index in [0.717, 1.165) is 83.1 Å². The van der Waals surface area contributed by atoms with Gasteiger partial charge in [-0.2, -0.15) is 0 Å². The van der Waals surface area contributed by atoms with Crippen LogP contribution in [-0.2, 0) is 0 Å². The average molecular weight is 694 g/mol. The minimum absolute atomic E-state index is 0.356. The number of hydrogen-bond acceptors (Lipinski definition) is 5. The van der Waals surface area contributed by atoms with Crippen molar-refractivity contribution in [2.24, 2.45) is 9.98 Å². The predicted molar refractivity (Wildman–Crippen MR) is 221 cm³/mol. The first-order valence-corrected chi connectivity index (χ1v) is 18.2. The molecule has 8 aromatic carbocycles. The Kier molecular flexibility index (Phi) is 6.85. The third-order valence-corrected chi connectivity index (χ3v) is 10.6. The molecular weight excluding hydrogens is 663 g/mol. The SMILES string of the molecule is c1ccc(C2N=C(c3ccccc3-c3cccc4oc5ccc(-c6ccc7ccccc7c6)cc5c34)N=C(c3cccc4oc5ccccc5c34)N2)cc1. The minimum atomic E-state index is -0.356. The zero-order valence-electron chi connectivity index (χ0n) is 29.0. The fraction of sp³-hybridized carbons (Fsp3) is 0.0204. The zero-order chi connectivity index (χ0) is 35.6. The van der Waals surface area contributed by atoms with Crippen molar-refractivity contribution in [2.45, 2.75) is 6.17 Å². The lowest BCUT2D eigenvalue weighted by atomic mass is 9.93. The molecule has 1 N–H and O–H groups in total. The first-order chi connectivity index (χ1) is 26.7. The highest BCUT2D eigenvalue weighted by Gasteiger charge is 2.25. The van der Waals surface area contributed by atoms with Crippen LogP contribution < -0.4 is 5.32 Å². The Balaban J connectivity index is 1.10. The van der Waals surface area contributed by atoms with E-state index in [1.54, 1.807) is 0 Å². The van der Waals surface area contributed by atoms with E-state index < -0.39 is 0 Å². The zero-order valence-corrected chi connectivity index (χ0v) is 29.0. The smallest absolute Gasteiger partial charge is 0.160 e. The fourth-order valence-electron chi connectivity index (χ4n) is 8.00. The number of nitrogens with one attached hydrogen (secondary N) is 1. The lowest BCUT2D eigenvalue weighted by Gasteiger charge is -2.24. The van der Waals surface area contributed by atoms with Gasteiger partial charge in [0.05, 0.1) is 0 Å². The molecule has 0 radical (unpaired) electrons. The molecule has 0 fully saturated rings. The van der Waals surface area contributed by atoms with Crippen molar-refractivity contribution in [1.29, 1.82) is 0 Å². The molecule has 0 aliphatic carbocycles. The van der Waals surface area contributed by atoms with Crippen LogP contribution in [-0.4, -0.2) is 11.7 Å². The Labute approximate surface area is 310 Å². The Hall–Kier alpha value is -7.24. The van der Waals surface area contributed by atoms with Crippen LogP contribution in [0.4, 0.5) is 0 Å². The summed E-state index contributed by atoms with van der Waals surface area (Å²) in [5.41, 5.74) is 10.7. The third kappa shape index (κ3) is 4.94. The topological polar surface area (TPSA) is 63.0 Å². The Bertz CT molecular complexity index is 3150. The number of hydrogen-bond donors (Lipinski definition) is 1. The maximum Gasteiger partial charge on any atom is 0.160 e. The molecule has 1 unspecified atom stereocenters. The maximum atomic E-state index is 6.50. The Morgan fingerprint density at radius 2 is 1.04 bits per heavy atom. The highest BCUT2D eigenvalue weighted by molar-refractivity contribution is 6.23. The lowest BCUT2D eigenvalue weighted by Crippen LogP contribution is -2.33. The summed E-state index contributed by atoms with van der Waals surface area (Å²) in [4.78, 5) is 10.6. The number of nitrogens with zero attached hydrogens (tertiary/aromatic N) is 2. The van der Waals surface area contributed by atoms with Crippen molar-refractivity contribution in [3.05, 3.63) is 193 Å².